The smallest absolute Gasteiger partial charge is 0.490 e. The van der Waals surface area contributed by atoms with E-state index in [0.29, 0.717) is 30.9 Å². The van der Waals surface area contributed by atoms with Gasteiger partial charge in [-0.1, -0.05) is 0 Å². The van der Waals surface area contributed by atoms with Gasteiger partial charge in [0.05, 0.1) is 19.2 Å². The van der Waals surface area contributed by atoms with Gasteiger partial charge in [0.2, 0.25) is 0 Å². The zero-order valence-electron chi connectivity index (χ0n) is 20.5. The molecule has 0 amide bonds. The summed E-state index contributed by atoms with van der Waals surface area (Å²) in [5.74, 6) is -0.0255. The Morgan fingerprint density at radius 3 is 2.58 bits per heavy atom. The Balaban J connectivity index is 1.28. The van der Waals surface area contributed by atoms with E-state index in [1.807, 2.05) is 12.1 Å². The molecule has 2 aromatic rings. The molecule has 0 spiro atoms. The van der Waals surface area contributed by atoms with E-state index in [-0.39, 0.29) is 6.04 Å². The molecule has 0 bridgehead atoms. The molecule has 1 N–H and O–H groups in total. The minimum absolute atomic E-state index is 0.0924. The van der Waals surface area contributed by atoms with Gasteiger partial charge < -0.3 is 24.4 Å². The van der Waals surface area contributed by atoms with E-state index < -0.39 is 18.2 Å². The first-order valence-electron chi connectivity index (χ1n) is 12.7. The first-order valence-corrected chi connectivity index (χ1v) is 12.7. The summed E-state index contributed by atoms with van der Waals surface area (Å²) >= 11 is 0. The lowest BCUT2D eigenvalue weighted by Gasteiger charge is -2.36. The lowest BCUT2D eigenvalue weighted by Crippen LogP contribution is -2.44. The minimum atomic E-state index is -4.96. The van der Waals surface area contributed by atoms with Crippen LogP contribution < -0.4 is 14.8 Å². The van der Waals surface area contributed by atoms with Gasteiger partial charge in [0.15, 0.2) is 11.5 Å². The predicted octanol–water partition coefficient (Wildman–Crippen LogP) is 4.65. The number of nitrogens with one attached hydrogen (secondary N) is 1. The second-order valence-corrected chi connectivity index (χ2v) is 9.88. The molecule has 3 aliphatic rings. The van der Waals surface area contributed by atoms with E-state index in [9.17, 15) is 18.0 Å². The van der Waals surface area contributed by atoms with Gasteiger partial charge in [-0.05, 0) is 68.8 Å². The van der Waals surface area contributed by atoms with Crippen molar-refractivity contribution in [1.29, 1.82) is 0 Å². The number of hydrogen-bond donors (Lipinski definition) is 1. The molecule has 1 aliphatic heterocycles. The number of fused-ring (bicyclic) bond motifs is 3. The van der Waals surface area contributed by atoms with Crippen molar-refractivity contribution < 1.29 is 32.2 Å². The molecule has 10 heteroatoms. The number of methoxy groups -OCH3 is 1. The van der Waals surface area contributed by atoms with E-state index in [2.05, 4.69) is 15.0 Å². The number of rotatable bonds is 9. The maximum absolute atomic E-state index is 12.4. The number of carbonyl (C=O) groups excluding carboxylic acids is 1. The Hall–Kier alpha value is -2.75. The summed E-state index contributed by atoms with van der Waals surface area (Å²) in [7, 11) is 1.64. The van der Waals surface area contributed by atoms with Gasteiger partial charge in [0.1, 0.15) is 11.9 Å². The van der Waals surface area contributed by atoms with Crippen LogP contribution in [0.15, 0.2) is 12.1 Å². The van der Waals surface area contributed by atoms with E-state index in [4.69, 9.17) is 14.5 Å². The fraction of sp³-hybridized carbons (Fsp3) is 0.615. The number of benzene rings is 1. The summed E-state index contributed by atoms with van der Waals surface area (Å²) in [6.07, 6.45) is 1.26. The number of anilines is 1. The molecule has 1 aromatic carbocycles. The molecule has 2 heterocycles. The van der Waals surface area contributed by atoms with Gasteiger partial charge in [0, 0.05) is 36.9 Å². The zero-order valence-corrected chi connectivity index (χ0v) is 20.5. The van der Waals surface area contributed by atoms with E-state index in [0.717, 1.165) is 67.6 Å². The van der Waals surface area contributed by atoms with E-state index in [1.54, 1.807) is 7.11 Å². The summed E-state index contributed by atoms with van der Waals surface area (Å²) < 4.78 is 53.6. The molecular weight excluding hydrogens is 475 g/mol. The number of nitrogens with zero attached hydrogens (tertiary/aromatic N) is 2. The van der Waals surface area contributed by atoms with Gasteiger partial charge in [-0.15, -0.1) is 0 Å². The molecule has 0 radical (unpaired) electrons. The second kappa shape index (κ2) is 10.3. The first kappa shape index (κ1) is 24.9. The normalized spacial score (nSPS) is 21.8. The van der Waals surface area contributed by atoms with Crippen LogP contribution in [0.5, 0.6) is 11.5 Å². The highest BCUT2D eigenvalue weighted by Crippen LogP contribution is 2.40. The third-order valence-corrected chi connectivity index (χ3v) is 7.36. The van der Waals surface area contributed by atoms with Crippen LogP contribution in [0.2, 0.25) is 0 Å². The number of ether oxygens (including phenoxy) is 3. The summed E-state index contributed by atoms with van der Waals surface area (Å²) in [5.41, 5.74) is 3.16. The second-order valence-electron chi connectivity index (χ2n) is 9.88. The lowest BCUT2D eigenvalue weighted by molar-refractivity contribution is -0.208. The Labute approximate surface area is 208 Å². The summed E-state index contributed by atoms with van der Waals surface area (Å²) in [4.78, 5) is 18.4. The Kier molecular flexibility index (Phi) is 7.14. The van der Waals surface area contributed by atoms with Crippen molar-refractivity contribution in [3.63, 3.8) is 0 Å². The monoisotopic (exact) mass is 507 g/mol. The molecule has 1 saturated carbocycles. The highest BCUT2D eigenvalue weighted by atomic mass is 19.4. The number of alkyl halides is 3. The third kappa shape index (κ3) is 5.33. The van der Waals surface area contributed by atoms with Crippen LogP contribution in [0, 0.1) is 0 Å². The predicted molar refractivity (Wildman–Crippen MR) is 129 cm³/mol. The van der Waals surface area contributed by atoms with Crippen molar-refractivity contribution in [2.75, 3.05) is 38.7 Å². The van der Waals surface area contributed by atoms with Crippen LogP contribution in [0.1, 0.15) is 49.7 Å². The number of hydrogen-bond acceptors (Lipinski definition) is 7. The number of aromatic nitrogens is 1. The molecule has 36 heavy (non-hydrogen) atoms. The number of likely N-dealkylation sites (tertiary alicyclic amines) is 1. The number of pyridine rings is 1. The number of carbonyl (C=O) groups is 1. The van der Waals surface area contributed by atoms with Gasteiger partial charge >= 0.3 is 12.1 Å². The average molecular weight is 508 g/mol. The van der Waals surface area contributed by atoms with Crippen LogP contribution in [0.3, 0.4) is 0 Å². The molecule has 7 nitrogen and oxygen atoms in total. The molecule has 1 saturated heterocycles. The van der Waals surface area contributed by atoms with Gasteiger partial charge in [-0.3, -0.25) is 0 Å². The highest BCUT2D eigenvalue weighted by Gasteiger charge is 2.44. The molecule has 0 atom stereocenters. The molecule has 196 valence electrons. The van der Waals surface area contributed by atoms with Crippen LogP contribution in [0.4, 0.5) is 19.0 Å². The molecule has 5 rings (SSSR count). The zero-order chi connectivity index (χ0) is 25.3. The molecular formula is C26H32F3N3O4. The lowest BCUT2D eigenvalue weighted by atomic mass is 9.89. The largest absolute Gasteiger partial charge is 0.493 e. The fourth-order valence-electron chi connectivity index (χ4n) is 5.43. The maximum atomic E-state index is 12.4. The maximum Gasteiger partial charge on any atom is 0.490 e. The standard InChI is InChI=1S/C26H32F3N3O4/c1-34-22-14-20-18-6-4-7-19(18)24(30-16-12-17(13-16)36-25(33)26(27,28)29)31-21(20)15-23(22)35-11-5-10-32-8-2-3-9-32/h14-17H,2-13H2,1H3,(H,30,31). The topological polar surface area (TPSA) is 72.9 Å². The van der Waals surface area contributed by atoms with Crippen molar-refractivity contribution in [3.8, 4) is 11.5 Å². The van der Waals surface area contributed by atoms with Crippen molar-refractivity contribution >= 4 is 22.7 Å². The average Bonchev–Trinajstić information content (AvgIpc) is 3.51. The van der Waals surface area contributed by atoms with Gasteiger partial charge in [-0.25, -0.2) is 9.78 Å². The Morgan fingerprint density at radius 2 is 1.86 bits per heavy atom. The molecule has 1 aromatic heterocycles. The van der Waals surface area contributed by atoms with Crippen LogP contribution in [-0.4, -0.2) is 67.5 Å². The van der Waals surface area contributed by atoms with E-state index >= 15 is 0 Å². The van der Waals surface area contributed by atoms with Crippen molar-refractivity contribution in [3.05, 3.63) is 23.3 Å². The SMILES string of the molecule is COc1cc2c3c(c(NC4CC(OC(=O)C(F)(F)F)C4)nc2cc1OCCCN1CCCC1)CCC3. The first-order chi connectivity index (χ1) is 17.3. The van der Waals surface area contributed by atoms with Crippen LogP contribution in [0.25, 0.3) is 10.9 Å². The molecule has 2 aliphatic carbocycles. The van der Waals surface area contributed by atoms with Gasteiger partial charge in [0.25, 0.3) is 0 Å². The Bertz CT molecular complexity index is 1110. The summed E-state index contributed by atoms with van der Waals surface area (Å²) in [5, 5.41) is 4.42. The van der Waals surface area contributed by atoms with Gasteiger partial charge in [-0.2, -0.15) is 13.2 Å². The molecule has 2 fully saturated rings. The van der Waals surface area contributed by atoms with Crippen LogP contribution >= 0.6 is 0 Å². The quantitative estimate of drug-likeness (QED) is 0.391. The van der Waals surface area contributed by atoms with Crippen molar-refractivity contribution in [1.82, 2.24) is 9.88 Å². The number of halogens is 3. The fourth-order valence-corrected chi connectivity index (χ4v) is 5.43. The third-order valence-electron chi connectivity index (χ3n) is 7.36. The highest BCUT2D eigenvalue weighted by molar-refractivity contribution is 5.89. The van der Waals surface area contributed by atoms with Crippen molar-refractivity contribution in [2.24, 2.45) is 0 Å². The number of aryl methyl sites for hydroxylation is 1. The Morgan fingerprint density at radius 1 is 1.11 bits per heavy atom. The van der Waals surface area contributed by atoms with Crippen molar-refractivity contribution in [2.45, 2.75) is 69.7 Å². The summed E-state index contributed by atoms with van der Waals surface area (Å²) in [6.45, 7) is 3.94. The van der Waals surface area contributed by atoms with E-state index in [1.165, 1.54) is 18.4 Å². The number of esters is 1. The summed E-state index contributed by atoms with van der Waals surface area (Å²) in [6, 6.07) is 3.83. The van der Waals surface area contributed by atoms with Crippen LogP contribution in [-0.2, 0) is 22.4 Å². The minimum Gasteiger partial charge on any atom is -0.493 e. The molecule has 0 unspecified atom stereocenters.